The number of hydrogen-bond donors (Lipinski definition) is 1. The SMILES string of the molecule is COc1ccccc1Nc1ncnc(N2CCCC(C)C2)c1[N+](=O)[O-]. The van der Waals surface area contributed by atoms with Gasteiger partial charge in [0.2, 0.25) is 11.6 Å². The van der Waals surface area contributed by atoms with E-state index >= 15 is 0 Å². The summed E-state index contributed by atoms with van der Waals surface area (Å²) >= 11 is 0. The van der Waals surface area contributed by atoms with Gasteiger partial charge >= 0.3 is 5.69 Å². The smallest absolute Gasteiger partial charge is 0.353 e. The molecule has 8 heteroatoms. The van der Waals surface area contributed by atoms with Gasteiger partial charge in [-0.25, -0.2) is 9.97 Å². The van der Waals surface area contributed by atoms with Crippen molar-refractivity contribution in [2.24, 2.45) is 5.92 Å². The Hall–Kier alpha value is -2.90. The number of rotatable bonds is 5. The number of para-hydroxylation sites is 2. The van der Waals surface area contributed by atoms with Gasteiger partial charge in [-0.1, -0.05) is 19.1 Å². The van der Waals surface area contributed by atoms with Crippen LogP contribution in [-0.4, -0.2) is 35.1 Å². The number of nitrogens with zero attached hydrogens (tertiary/aromatic N) is 4. The van der Waals surface area contributed by atoms with E-state index in [4.69, 9.17) is 4.74 Å². The highest BCUT2D eigenvalue weighted by molar-refractivity contribution is 5.76. The van der Waals surface area contributed by atoms with E-state index in [9.17, 15) is 10.1 Å². The molecule has 1 N–H and O–H groups in total. The average molecular weight is 343 g/mol. The van der Waals surface area contributed by atoms with Crippen molar-refractivity contribution >= 4 is 23.0 Å². The number of anilines is 3. The van der Waals surface area contributed by atoms with Gasteiger partial charge in [0, 0.05) is 13.1 Å². The molecule has 1 aromatic heterocycles. The first-order valence-corrected chi connectivity index (χ1v) is 8.24. The zero-order valence-electron chi connectivity index (χ0n) is 14.3. The third-order valence-corrected chi connectivity index (χ3v) is 4.30. The van der Waals surface area contributed by atoms with E-state index in [1.54, 1.807) is 19.2 Å². The van der Waals surface area contributed by atoms with Gasteiger partial charge in [-0.2, -0.15) is 0 Å². The van der Waals surface area contributed by atoms with E-state index in [1.165, 1.54) is 6.33 Å². The number of hydrogen-bond acceptors (Lipinski definition) is 7. The number of benzene rings is 1. The van der Waals surface area contributed by atoms with Crippen LogP contribution in [0, 0.1) is 16.0 Å². The van der Waals surface area contributed by atoms with E-state index in [1.807, 2.05) is 17.0 Å². The van der Waals surface area contributed by atoms with Crippen molar-refractivity contribution in [2.45, 2.75) is 19.8 Å². The lowest BCUT2D eigenvalue weighted by Crippen LogP contribution is -2.35. The van der Waals surface area contributed by atoms with Crippen LogP contribution in [0.2, 0.25) is 0 Å². The summed E-state index contributed by atoms with van der Waals surface area (Å²) in [6, 6.07) is 7.22. The highest BCUT2D eigenvalue weighted by Crippen LogP contribution is 2.37. The maximum atomic E-state index is 11.7. The molecule has 1 unspecified atom stereocenters. The lowest BCUT2D eigenvalue weighted by Gasteiger charge is -2.31. The van der Waals surface area contributed by atoms with Crippen LogP contribution in [0.5, 0.6) is 5.75 Å². The van der Waals surface area contributed by atoms with Crippen molar-refractivity contribution in [1.29, 1.82) is 0 Å². The van der Waals surface area contributed by atoms with Crippen LogP contribution >= 0.6 is 0 Å². The molecule has 25 heavy (non-hydrogen) atoms. The van der Waals surface area contributed by atoms with Crippen LogP contribution in [0.1, 0.15) is 19.8 Å². The number of ether oxygens (including phenoxy) is 1. The quantitative estimate of drug-likeness (QED) is 0.657. The van der Waals surface area contributed by atoms with Crippen molar-refractivity contribution in [3.05, 3.63) is 40.7 Å². The number of piperidine rings is 1. The second-order valence-corrected chi connectivity index (χ2v) is 6.17. The normalized spacial score (nSPS) is 17.2. The van der Waals surface area contributed by atoms with Crippen LogP contribution in [0.4, 0.5) is 23.0 Å². The monoisotopic (exact) mass is 343 g/mol. The second-order valence-electron chi connectivity index (χ2n) is 6.17. The minimum Gasteiger partial charge on any atom is -0.495 e. The van der Waals surface area contributed by atoms with Gasteiger partial charge in [-0.3, -0.25) is 10.1 Å². The molecule has 1 aromatic carbocycles. The molecule has 0 radical (unpaired) electrons. The fourth-order valence-corrected chi connectivity index (χ4v) is 3.12. The summed E-state index contributed by atoms with van der Waals surface area (Å²) in [4.78, 5) is 21.6. The van der Waals surface area contributed by atoms with Crippen LogP contribution in [-0.2, 0) is 0 Å². The standard InChI is InChI=1S/C17H21N5O3/c1-12-6-5-9-21(10-12)17-15(22(23)24)16(18-11-19-17)20-13-7-3-4-8-14(13)25-2/h3-4,7-8,11-12H,5-6,9-10H2,1-2H3,(H,18,19,20). The molecule has 8 nitrogen and oxygen atoms in total. The van der Waals surface area contributed by atoms with Gasteiger partial charge in [-0.05, 0) is 30.9 Å². The van der Waals surface area contributed by atoms with E-state index in [0.717, 1.165) is 25.9 Å². The van der Waals surface area contributed by atoms with Crippen molar-refractivity contribution in [3.63, 3.8) is 0 Å². The molecule has 1 aliphatic rings. The van der Waals surface area contributed by atoms with Crippen LogP contribution in [0.15, 0.2) is 30.6 Å². The molecule has 1 fully saturated rings. The Morgan fingerprint density at radius 3 is 2.88 bits per heavy atom. The highest BCUT2D eigenvalue weighted by Gasteiger charge is 2.29. The Labute approximate surface area is 146 Å². The number of aromatic nitrogens is 2. The highest BCUT2D eigenvalue weighted by atomic mass is 16.6. The zero-order chi connectivity index (χ0) is 17.8. The Morgan fingerprint density at radius 1 is 1.36 bits per heavy atom. The fraction of sp³-hybridized carbons (Fsp3) is 0.412. The molecule has 3 rings (SSSR count). The van der Waals surface area contributed by atoms with Crippen molar-refractivity contribution < 1.29 is 9.66 Å². The molecule has 0 spiro atoms. The molecule has 0 saturated carbocycles. The molecular weight excluding hydrogens is 322 g/mol. The maximum Gasteiger partial charge on any atom is 0.353 e. The average Bonchev–Trinajstić information content (AvgIpc) is 2.62. The van der Waals surface area contributed by atoms with E-state index < -0.39 is 4.92 Å². The van der Waals surface area contributed by atoms with Crippen molar-refractivity contribution in [3.8, 4) is 5.75 Å². The predicted octanol–water partition coefficient (Wildman–Crippen LogP) is 3.37. The largest absolute Gasteiger partial charge is 0.495 e. The van der Waals surface area contributed by atoms with E-state index in [2.05, 4.69) is 22.2 Å². The number of nitrogens with one attached hydrogen (secondary N) is 1. The topological polar surface area (TPSA) is 93.4 Å². The first-order valence-electron chi connectivity index (χ1n) is 8.24. The van der Waals surface area contributed by atoms with Crippen LogP contribution in [0.25, 0.3) is 0 Å². The molecule has 132 valence electrons. The Balaban J connectivity index is 1.99. The fourth-order valence-electron chi connectivity index (χ4n) is 3.12. The van der Waals surface area contributed by atoms with Gasteiger partial charge < -0.3 is 15.0 Å². The molecule has 0 aliphatic carbocycles. The Kier molecular flexibility index (Phi) is 4.97. The minimum atomic E-state index is -0.424. The third-order valence-electron chi connectivity index (χ3n) is 4.30. The van der Waals surface area contributed by atoms with E-state index in [-0.39, 0.29) is 11.5 Å². The first kappa shape index (κ1) is 16.9. The molecule has 2 aromatic rings. The Morgan fingerprint density at radius 2 is 2.16 bits per heavy atom. The predicted molar refractivity (Wildman–Crippen MR) is 95.6 cm³/mol. The lowest BCUT2D eigenvalue weighted by atomic mass is 10.0. The van der Waals surface area contributed by atoms with Gasteiger partial charge in [0.1, 0.15) is 12.1 Å². The maximum absolute atomic E-state index is 11.7. The molecule has 2 heterocycles. The number of methoxy groups -OCH3 is 1. The van der Waals surface area contributed by atoms with Gasteiger partial charge in [0.05, 0.1) is 17.7 Å². The van der Waals surface area contributed by atoms with Gasteiger partial charge in [0.25, 0.3) is 0 Å². The molecular formula is C17H21N5O3. The summed E-state index contributed by atoms with van der Waals surface area (Å²) in [6.45, 7) is 3.66. The molecule has 1 atom stereocenters. The lowest BCUT2D eigenvalue weighted by molar-refractivity contribution is -0.383. The number of nitro groups is 1. The van der Waals surface area contributed by atoms with E-state index in [0.29, 0.717) is 23.2 Å². The summed E-state index contributed by atoms with van der Waals surface area (Å²) in [7, 11) is 1.55. The molecule has 0 amide bonds. The molecule has 1 saturated heterocycles. The van der Waals surface area contributed by atoms with Gasteiger partial charge in [0.15, 0.2) is 0 Å². The minimum absolute atomic E-state index is 0.109. The van der Waals surface area contributed by atoms with Crippen molar-refractivity contribution in [1.82, 2.24) is 9.97 Å². The summed E-state index contributed by atoms with van der Waals surface area (Å²) < 4.78 is 5.29. The first-order chi connectivity index (χ1) is 12.1. The Bertz CT molecular complexity index is 768. The van der Waals surface area contributed by atoms with Gasteiger partial charge in [-0.15, -0.1) is 0 Å². The summed E-state index contributed by atoms with van der Waals surface area (Å²) in [5.41, 5.74) is 0.507. The molecule has 1 aliphatic heterocycles. The summed E-state index contributed by atoms with van der Waals surface area (Å²) in [6.07, 6.45) is 3.48. The van der Waals surface area contributed by atoms with Crippen molar-refractivity contribution in [2.75, 3.05) is 30.4 Å². The molecule has 0 bridgehead atoms. The van der Waals surface area contributed by atoms with Crippen LogP contribution in [0.3, 0.4) is 0 Å². The third kappa shape index (κ3) is 3.62. The van der Waals surface area contributed by atoms with Crippen LogP contribution < -0.4 is 15.0 Å². The zero-order valence-corrected chi connectivity index (χ0v) is 14.3. The second kappa shape index (κ2) is 7.33. The summed E-state index contributed by atoms with van der Waals surface area (Å²) in [5.74, 6) is 1.60. The summed E-state index contributed by atoms with van der Waals surface area (Å²) in [5, 5.41) is 14.8.